The van der Waals surface area contributed by atoms with Gasteiger partial charge in [0.15, 0.2) is 0 Å². The molecule has 0 aromatic carbocycles. The fourth-order valence-electron chi connectivity index (χ4n) is 2.26. The van der Waals surface area contributed by atoms with E-state index >= 15 is 0 Å². The molecule has 1 saturated carbocycles. The summed E-state index contributed by atoms with van der Waals surface area (Å²) < 4.78 is 27.0. The molecule has 3 N–H and O–H groups in total. The third-order valence-electron chi connectivity index (χ3n) is 3.26. The van der Waals surface area contributed by atoms with E-state index in [0.717, 1.165) is 25.3 Å². The zero-order chi connectivity index (χ0) is 14.0. The van der Waals surface area contributed by atoms with E-state index < -0.39 is 16.0 Å². The van der Waals surface area contributed by atoms with Crippen LogP contribution in [0.15, 0.2) is 17.2 Å². The first-order valence-corrected chi connectivity index (χ1v) is 8.68. The molecule has 2 rings (SSSR count). The summed E-state index contributed by atoms with van der Waals surface area (Å²) >= 11 is 1.66. The van der Waals surface area contributed by atoms with Crippen LogP contribution in [0.25, 0.3) is 0 Å². The quantitative estimate of drug-likeness (QED) is 0.761. The molecule has 19 heavy (non-hydrogen) atoms. The smallest absolute Gasteiger partial charge is 0.352 e. The molecule has 6 nitrogen and oxygen atoms in total. The van der Waals surface area contributed by atoms with Crippen LogP contribution in [0, 0.1) is 0 Å². The van der Waals surface area contributed by atoms with Crippen molar-refractivity contribution in [2.45, 2.75) is 35.4 Å². The largest absolute Gasteiger partial charge is 0.477 e. The molecule has 1 aromatic rings. The number of carboxylic acid groups (broad SMARTS) is 1. The molecule has 1 aliphatic rings. The van der Waals surface area contributed by atoms with Gasteiger partial charge in [-0.25, -0.2) is 17.9 Å². The molecule has 0 amide bonds. The highest BCUT2D eigenvalue weighted by Gasteiger charge is 2.31. The molecule has 0 saturated heterocycles. The summed E-state index contributed by atoms with van der Waals surface area (Å²) in [6, 6.07) is 1.05. The molecule has 2 atom stereocenters. The number of rotatable bonds is 5. The van der Waals surface area contributed by atoms with Gasteiger partial charge in [-0.1, -0.05) is 6.42 Å². The van der Waals surface area contributed by atoms with Crippen LogP contribution in [0.5, 0.6) is 0 Å². The maximum absolute atomic E-state index is 12.2. The number of hydrogen-bond donors (Lipinski definition) is 3. The van der Waals surface area contributed by atoms with Gasteiger partial charge in [0.2, 0.25) is 10.0 Å². The Labute approximate surface area is 116 Å². The first kappa shape index (κ1) is 14.4. The van der Waals surface area contributed by atoms with E-state index in [-0.39, 0.29) is 21.9 Å². The molecule has 1 heterocycles. The average Bonchev–Trinajstić information content (AvgIpc) is 2.95. The Morgan fingerprint density at radius 3 is 2.84 bits per heavy atom. The van der Waals surface area contributed by atoms with Crippen LogP contribution in [0.4, 0.5) is 0 Å². The number of aromatic carboxylic acids is 1. The predicted molar refractivity (Wildman–Crippen MR) is 73.0 cm³/mol. The molecular weight excluding hydrogens is 288 g/mol. The van der Waals surface area contributed by atoms with Gasteiger partial charge in [-0.15, -0.1) is 0 Å². The van der Waals surface area contributed by atoms with Crippen molar-refractivity contribution in [1.29, 1.82) is 0 Å². The number of H-pyrrole nitrogens is 1. The Morgan fingerprint density at radius 2 is 2.26 bits per heavy atom. The number of nitrogens with one attached hydrogen (secondary N) is 2. The van der Waals surface area contributed by atoms with Crippen LogP contribution < -0.4 is 4.72 Å². The maximum atomic E-state index is 12.2. The van der Waals surface area contributed by atoms with Gasteiger partial charge in [0.25, 0.3) is 0 Å². The zero-order valence-electron chi connectivity index (χ0n) is 10.4. The van der Waals surface area contributed by atoms with E-state index in [4.69, 9.17) is 5.11 Å². The van der Waals surface area contributed by atoms with Gasteiger partial charge in [0, 0.05) is 17.5 Å². The predicted octanol–water partition coefficient (Wildman–Crippen LogP) is 1.28. The SMILES string of the molecule is CSC1CCCC1NS(=O)(=O)c1c[nH]c(C(=O)O)c1. The van der Waals surface area contributed by atoms with Crippen molar-refractivity contribution in [2.75, 3.05) is 6.26 Å². The molecular formula is C11H16N2O4S2. The second-order valence-electron chi connectivity index (χ2n) is 4.49. The van der Waals surface area contributed by atoms with Gasteiger partial charge in [-0.3, -0.25) is 0 Å². The van der Waals surface area contributed by atoms with Crippen LogP contribution in [0.1, 0.15) is 29.8 Å². The van der Waals surface area contributed by atoms with Gasteiger partial charge in [0.1, 0.15) is 10.6 Å². The Bertz CT molecular complexity index is 567. The van der Waals surface area contributed by atoms with Crippen LogP contribution in [0.2, 0.25) is 0 Å². The zero-order valence-corrected chi connectivity index (χ0v) is 12.1. The lowest BCUT2D eigenvalue weighted by Crippen LogP contribution is -2.38. The third kappa shape index (κ3) is 3.13. The molecule has 2 unspecified atom stereocenters. The van der Waals surface area contributed by atoms with Crippen molar-refractivity contribution < 1.29 is 18.3 Å². The summed E-state index contributed by atoms with van der Waals surface area (Å²) in [5.41, 5.74) is -0.131. The highest BCUT2D eigenvalue weighted by atomic mass is 32.2. The monoisotopic (exact) mass is 304 g/mol. The van der Waals surface area contributed by atoms with E-state index in [2.05, 4.69) is 9.71 Å². The van der Waals surface area contributed by atoms with E-state index in [1.807, 2.05) is 6.26 Å². The number of aromatic nitrogens is 1. The summed E-state index contributed by atoms with van der Waals surface area (Å²) in [7, 11) is -3.66. The normalized spacial score (nSPS) is 23.6. The van der Waals surface area contributed by atoms with Crippen LogP contribution >= 0.6 is 11.8 Å². The minimum Gasteiger partial charge on any atom is -0.477 e. The van der Waals surface area contributed by atoms with E-state index in [1.54, 1.807) is 11.8 Å². The molecule has 8 heteroatoms. The number of hydrogen-bond acceptors (Lipinski definition) is 4. The van der Waals surface area contributed by atoms with Crippen molar-refractivity contribution in [2.24, 2.45) is 0 Å². The van der Waals surface area contributed by atoms with Crippen LogP contribution in [0.3, 0.4) is 0 Å². The Hall–Kier alpha value is -0.990. The standard InChI is InChI=1S/C11H16N2O4S2/c1-18-10-4-2-3-8(10)13-19(16,17)7-5-9(11(14)15)12-6-7/h5-6,8,10,12-13H,2-4H2,1H3,(H,14,15). The summed E-state index contributed by atoms with van der Waals surface area (Å²) in [4.78, 5) is 13.1. The second-order valence-corrected chi connectivity index (χ2v) is 7.28. The van der Waals surface area contributed by atoms with Gasteiger partial charge in [-0.2, -0.15) is 11.8 Å². The highest BCUT2D eigenvalue weighted by molar-refractivity contribution is 7.99. The number of carboxylic acids is 1. The van der Waals surface area contributed by atoms with E-state index in [1.165, 1.54) is 6.20 Å². The highest BCUT2D eigenvalue weighted by Crippen LogP contribution is 2.29. The summed E-state index contributed by atoms with van der Waals surface area (Å²) in [5, 5.41) is 9.06. The Balaban J connectivity index is 2.15. The van der Waals surface area contributed by atoms with E-state index in [0.29, 0.717) is 0 Å². The number of thioether (sulfide) groups is 1. The summed E-state index contributed by atoms with van der Waals surface area (Å²) in [5.74, 6) is -1.18. The lowest BCUT2D eigenvalue weighted by atomic mass is 10.3. The van der Waals surface area contributed by atoms with Crippen molar-refractivity contribution in [1.82, 2.24) is 9.71 Å². The molecule has 1 fully saturated rings. The molecule has 106 valence electrons. The van der Waals surface area contributed by atoms with Crippen LogP contribution in [-0.4, -0.2) is 42.0 Å². The molecule has 0 bridgehead atoms. The van der Waals surface area contributed by atoms with Crippen molar-refractivity contribution >= 4 is 27.8 Å². The maximum Gasteiger partial charge on any atom is 0.352 e. The molecule has 0 radical (unpaired) electrons. The minimum atomic E-state index is -3.66. The number of aromatic amines is 1. The number of carbonyl (C=O) groups is 1. The molecule has 1 aromatic heterocycles. The molecule has 0 spiro atoms. The van der Waals surface area contributed by atoms with Crippen molar-refractivity contribution in [3.8, 4) is 0 Å². The number of sulfonamides is 1. The summed E-state index contributed by atoms with van der Waals surface area (Å²) in [6.07, 6.45) is 6.00. The lowest BCUT2D eigenvalue weighted by molar-refractivity contribution is 0.0691. The first-order chi connectivity index (χ1) is 8.94. The minimum absolute atomic E-state index is 0.0309. The third-order valence-corrected chi connectivity index (χ3v) is 5.90. The first-order valence-electron chi connectivity index (χ1n) is 5.91. The lowest BCUT2D eigenvalue weighted by Gasteiger charge is -2.18. The van der Waals surface area contributed by atoms with Crippen molar-refractivity contribution in [3.05, 3.63) is 18.0 Å². The van der Waals surface area contributed by atoms with Gasteiger partial charge in [0.05, 0.1) is 0 Å². The van der Waals surface area contributed by atoms with E-state index in [9.17, 15) is 13.2 Å². The van der Waals surface area contributed by atoms with Gasteiger partial charge >= 0.3 is 5.97 Å². The summed E-state index contributed by atoms with van der Waals surface area (Å²) in [6.45, 7) is 0. The fourth-order valence-corrected chi connectivity index (χ4v) is 4.59. The second kappa shape index (κ2) is 5.56. The van der Waals surface area contributed by atoms with Gasteiger partial charge in [-0.05, 0) is 25.2 Å². The van der Waals surface area contributed by atoms with Crippen LogP contribution in [-0.2, 0) is 10.0 Å². The molecule has 0 aliphatic heterocycles. The fraction of sp³-hybridized carbons (Fsp3) is 0.545. The Kier molecular flexibility index (Phi) is 4.22. The molecule has 1 aliphatic carbocycles. The topological polar surface area (TPSA) is 99.3 Å². The Morgan fingerprint density at radius 1 is 1.53 bits per heavy atom. The van der Waals surface area contributed by atoms with Crippen molar-refractivity contribution in [3.63, 3.8) is 0 Å². The average molecular weight is 304 g/mol. The van der Waals surface area contributed by atoms with Gasteiger partial charge < -0.3 is 10.1 Å².